The maximum atomic E-state index is 12.3. The standard InChI is InChI=1S/C22H24ClNO5/c1-13-6-8-18(14(2)10-13)24-22(26)15(3)29-20(25)9-7-16-11-17(23)21(28-5)19(12-16)27-4/h6-12,15H,1-5H3,(H,24,26)/b9-7+/t15-/m0/s1. The molecule has 0 aliphatic heterocycles. The van der Waals surface area contributed by atoms with E-state index >= 15 is 0 Å². The normalized spacial score (nSPS) is 11.8. The van der Waals surface area contributed by atoms with E-state index in [9.17, 15) is 9.59 Å². The van der Waals surface area contributed by atoms with E-state index in [0.717, 1.165) is 11.1 Å². The second-order valence-corrected chi connectivity index (χ2v) is 6.87. The van der Waals surface area contributed by atoms with E-state index < -0.39 is 18.0 Å². The number of hydrogen-bond acceptors (Lipinski definition) is 5. The van der Waals surface area contributed by atoms with E-state index in [0.29, 0.717) is 27.8 Å². The molecular weight excluding hydrogens is 394 g/mol. The molecule has 0 radical (unpaired) electrons. The first-order chi connectivity index (χ1) is 13.7. The lowest BCUT2D eigenvalue weighted by Gasteiger charge is -2.14. The molecule has 0 saturated heterocycles. The molecule has 1 amide bonds. The molecule has 0 spiro atoms. The predicted molar refractivity (Wildman–Crippen MR) is 114 cm³/mol. The average molecular weight is 418 g/mol. The van der Waals surface area contributed by atoms with Crippen LogP contribution in [0.2, 0.25) is 5.02 Å². The predicted octanol–water partition coefficient (Wildman–Crippen LogP) is 4.56. The summed E-state index contributed by atoms with van der Waals surface area (Å²) in [5, 5.41) is 3.11. The van der Waals surface area contributed by atoms with Crippen LogP contribution in [0.15, 0.2) is 36.4 Å². The molecule has 154 valence electrons. The van der Waals surface area contributed by atoms with Gasteiger partial charge < -0.3 is 19.5 Å². The van der Waals surface area contributed by atoms with Gasteiger partial charge in [0.05, 0.1) is 19.2 Å². The molecule has 6 nitrogen and oxygen atoms in total. The minimum absolute atomic E-state index is 0.348. The van der Waals surface area contributed by atoms with Crippen LogP contribution in [0.5, 0.6) is 11.5 Å². The van der Waals surface area contributed by atoms with Gasteiger partial charge in [-0.05, 0) is 56.2 Å². The Morgan fingerprint density at radius 3 is 2.45 bits per heavy atom. The summed E-state index contributed by atoms with van der Waals surface area (Å²) < 4.78 is 15.6. The number of hydrogen-bond donors (Lipinski definition) is 1. The maximum Gasteiger partial charge on any atom is 0.331 e. The third kappa shape index (κ3) is 5.99. The number of rotatable bonds is 7. The number of aryl methyl sites for hydroxylation is 2. The van der Waals surface area contributed by atoms with Crippen LogP contribution < -0.4 is 14.8 Å². The van der Waals surface area contributed by atoms with Gasteiger partial charge >= 0.3 is 5.97 Å². The summed E-state index contributed by atoms with van der Waals surface area (Å²) in [5.74, 6) is -0.216. The van der Waals surface area contributed by atoms with Crippen LogP contribution in [-0.2, 0) is 14.3 Å². The van der Waals surface area contributed by atoms with E-state index in [1.165, 1.54) is 33.3 Å². The van der Waals surface area contributed by atoms with Crippen LogP contribution in [0.1, 0.15) is 23.6 Å². The Hall–Kier alpha value is -2.99. The summed E-state index contributed by atoms with van der Waals surface area (Å²) in [6, 6.07) is 8.98. The summed E-state index contributed by atoms with van der Waals surface area (Å²) in [6.07, 6.45) is 1.78. The monoisotopic (exact) mass is 417 g/mol. The Morgan fingerprint density at radius 2 is 1.83 bits per heavy atom. The molecule has 1 N–H and O–H groups in total. The molecule has 2 aromatic rings. The summed E-state index contributed by atoms with van der Waals surface area (Å²) in [4.78, 5) is 24.4. The quantitative estimate of drug-likeness (QED) is 0.528. The molecule has 0 bridgehead atoms. The van der Waals surface area contributed by atoms with Crippen molar-refractivity contribution in [1.29, 1.82) is 0 Å². The molecule has 0 unspecified atom stereocenters. The number of amides is 1. The smallest absolute Gasteiger partial charge is 0.331 e. The van der Waals surface area contributed by atoms with Crippen molar-refractivity contribution in [3.63, 3.8) is 0 Å². The number of esters is 1. The highest BCUT2D eigenvalue weighted by Crippen LogP contribution is 2.36. The zero-order chi connectivity index (χ0) is 21.6. The third-order valence-corrected chi connectivity index (χ3v) is 4.45. The number of halogens is 1. The fourth-order valence-electron chi connectivity index (χ4n) is 2.65. The van der Waals surface area contributed by atoms with Gasteiger partial charge in [0.2, 0.25) is 0 Å². The average Bonchev–Trinajstić information content (AvgIpc) is 2.67. The molecule has 2 aromatic carbocycles. The largest absolute Gasteiger partial charge is 0.493 e. The van der Waals surface area contributed by atoms with Crippen molar-refractivity contribution >= 4 is 35.2 Å². The van der Waals surface area contributed by atoms with Crippen molar-refractivity contribution < 1.29 is 23.8 Å². The van der Waals surface area contributed by atoms with E-state index in [1.807, 2.05) is 32.0 Å². The fraction of sp³-hybridized carbons (Fsp3) is 0.273. The minimum atomic E-state index is -0.957. The molecule has 0 saturated carbocycles. The van der Waals surface area contributed by atoms with Crippen molar-refractivity contribution in [2.45, 2.75) is 26.9 Å². The van der Waals surface area contributed by atoms with Crippen LogP contribution in [-0.4, -0.2) is 32.2 Å². The number of carbonyl (C=O) groups excluding carboxylic acids is 2. The highest BCUT2D eigenvalue weighted by Gasteiger charge is 2.17. The lowest BCUT2D eigenvalue weighted by Crippen LogP contribution is -2.29. The van der Waals surface area contributed by atoms with E-state index in [1.54, 1.807) is 12.1 Å². The van der Waals surface area contributed by atoms with Gasteiger partial charge in [-0.25, -0.2) is 4.79 Å². The number of benzene rings is 2. The molecular formula is C22H24ClNO5. The van der Waals surface area contributed by atoms with Crippen LogP contribution >= 0.6 is 11.6 Å². The lowest BCUT2D eigenvalue weighted by atomic mass is 10.1. The van der Waals surface area contributed by atoms with Gasteiger partial charge in [-0.2, -0.15) is 0 Å². The highest BCUT2D eigenvalue weighted by molar-refractivity contribution is 6.32. The molecule has 0 fully saturated rings. The first-order valence-corrected chi connectivity index (χ1v) is 9.31. The molecule has 0 aliphatic rings. The lowest BCUT2D eigenvalue weighted by molar-refractivity contribution is -0.148. The van der Waals surface area contributed by atoms with Gasteiger partial charge in [-0.1, -0.05) is 29.3 Å². The Morgan fingerprint density at radius 1 is 1.10 bits per heavy atom. The topological polar surface area (TPSA) is 73.9 Å². The third-order valence-electron chi connectivity index (χ3n) is 4.17. The maximum absolute atomic E-state index is 12.3. The summed E-state index contributed by atoms with van der Waals surface area (Å²) in [6.45, 7) is 5.38. The second kappa shape index (κ2) is 9.98. The number of anilines is 1. The Labute approximate surface area is 175 Å². The van der Waals surface area contributed by atoms with E-state index in [2.05, 4.69) is 5.32 Å². The molecule has 0 heterocycles. The number of ether oxygens (including phenoxy) is 3. The van der Waals surface area contributed by atoms with Crippen molar-refractivity contribution in [2.75, 3.05) is 19.5 Å². The van der Waals surface area contributed by atoms with Crippen molar-refractivity contribution in [1.82, 2.24) is 0 Å². The summed E-state index contributed by atoms with van der Waals surface area (Å²) >= 11 is 6.15. The van der Waals surface area contributed by atoms with Gasteiger partial charge in [0.15, 0.2) is 17.6 Å². The first kappa shape index (κ1) is 22.3. The van der Waals surface area contributed by atoms with Crippen LogP contribution in [0.3, 0.4) is 0 Å². The van der Waals surface area contributed by atoms with Crippen molar-refractivity contribution in [3.05, 3.63) is 58.1 Å². The van der Waals surface area contributed by atoms with Gasteiger partial charge in [0.1, 0.15) is 0 Å². The second-order valence-electron chi connectivity index (χ2n) is 6.46. The molecule has 1 atom stereocenters. The first-order valence-electron chi connectivity index (χ1n) is 8.93. The molecule has 29 heavy (non-hydrogen) atoms. The molecule has 0 aliphatic carbocycles. The van der Waals surface area contributed by atoms with Crippen molar-refractivity contribution in [3.8, 4) is 11.5 Å². The van der Waals surface area contributed by atoms with E-state index in [-0.39, 0.29) is 0 Å². The Balaban J connectivity index is 2.00. The van der Waals surface area contributed by atoms with Crippen LogP contribution in [0, 0.1) is 13.8 Å². The van der Waals surface area contributed by atoms with Crippen molar-refractivity contribution in [2.24, 2.45) is 0 Å². The van der Waals surface area contributed by atoms with Gasteiger partial charge in [-0.15, -0.1) is 0 Å². The van der Waals surface area contributed by atoms with E-state index in [4.69, 9.17) is 25.8 Å². The summed E-state index contributed by atoms with van der Waals surface area (Å²) in [7, 11) is 2.98. The number of carbonyl (C=O) groups is 2. The Bertz CT molecular complexity index is 939. The SMILES string of the molecule is COc1cc(/C=C/C(=O)O[C@@H](C)C(=O)Nc2ccc(C)cc2C)cc(Cl)c1OC. The minimum Gasteiger partial charge on any atom is -0.493 e. The fourth-order valence-corrected chi connectivity index (χ4v) is 2.95. The Kier molecular flexibility index (Phi) is 7.67. The zero-order valence-electron chi connectivity index (χ0n) is 17.0. The zero-order valence-corrected chi connectivity index (χ0v) is 17.8. The van der Waals surface area contributed by atoms with Gasteiger partial charge in [-0.3, -0.25) is 4.79 Å². The van der Waals surface area contributed by atoms with Gasteiger partial charge in [0.25, 0.3) is 5.91 Å². The molecule has 2 rings (SSSR count). The molecule has 7 heteroatoms. The highest BCUT2D eigenvalue weighted by atomic mass is 35.5. The molecule has 0 aromatic heterocycles. The van der Waals surface area contributed by atoms with Gasteiger partial charge in [0, 0.05) is 11.8 Å². The van der Waals surface area contributed by atoms with Crippen LogP contribution in [0.25, 0.3) is 6.08 Å². The summed E-state index contributed by atoms with van der Waals surface area (Å²) in [5.41, 5.74) is 3.33. The number of methoxy groups -OCH3 is 2. The number of nitrogens with one attached hydrogen (secondary N) is 1. The van der Waals surface area contributed by atoms with Crippen LogP contribution in [0.4, 0.5) is 5.69 Å².